The molecule has 0 heterocycles. The van der Waals surface area contributed by atoms with Gasteiger partial charge >= 0.3 is 6.03 Å². The lowest BCUT2D eigenvalue weighted by molar-refractivity contribution is -0.384. The first kappa shape index (κ1) is 15.7. The Balaban J connectivity index is 1.76. The minimum Gasteiger partial charge on any atom is -0.484 e. The maximum atomic E-state index is 11.6. The summed E-state index contributed by atoms with van der Waals surface area (Å²) >= 11 is 0. The Kier molecular flexibility index (Phi) is 5.29. The number of carbonyl (C=O) groups excluding carboxylic acids is 2. The summed E-state index contributed by atoms with van der Waals surface area (Å²) in [4.78, 5) is 33.2. The van der Waals surface area contributed by atoms with E-state index in [1.54, 1.807) is 0 Å². The number of benzene rings is 1. The van der Waals surface area contributed by atoms with Crippen molar-refractivity contribution in [1.82, 2.24) is 10.6 Å². The predicted molar refractivity (Wildman–Crippen MR) is 77.5 cm³/mol. The van der Waals surface area contributed by atoms with Gasteiger partial charge in [0.1, 0.15) is 5.75 Å². The van der Waals surface area contributed by atoms with Crippen molar-refractivity contribution in [2.75, 3.05) is 6.61 Å². The number of nitro groups is 1. The van der Waals surface area contributed by atoms with Crippen LogP contribution in [0.4, 0.5) is 10.5 Å². The van der Waals surface area contributed by atoms with Crippen LogP contribution in [0.25, 0.3) is 0 Å². The second kappa shape index (κ2) is 7.39. The normalized spacial score (nSPS) is 14.4. The summed E-state index contributed by atoms with van der Waals surface area (Å²) in [7, 11) is 0. The van der Waals surface area contributed by atoms with Crippen LogP contribution in [0, 0.1) is 10.1 Å². The quantitative estimate of drug-likeness (QED) is 0.636. The van der Waals surface area contributed by atoms with E-state index >= 15 is 0 Å². The highest BCUT2D eigenvalue weighted by molar-refractivity contribution is 5.95. The van der Waals surface area contributed by atoms with E-state index < -0.39 is 16.9 Å². The van der Waals surface area contributed by atoms with Crippen molar-refractivity contribution < 1.29 is 19.2 Å². The SMILES string of the molecule is O=C(COc1cccc([N+](=O)[O-])c1)NC(=O)NC1CCCC1. The van der Waals surface area contributed by atoms with Gasteiger partial charge in [-0.3, -0.25) is 20.2 Å². The number of hydrogen-bond donors (Lipinski definition) is 2. The third-order valence-electron chi connectivity index (χ3n) is 3.34. The van der Waals surface area contributed by atoms with Crippen molar-refractivity contribution in [3.8, 4) is 5.75 Å². The molecule has 8 nitrogen and oxygen atoms in total. The summed E-state index contributed by atoms with van der Waals surface area (Å²) in [5.74, 6) is -0.414. The van der Waals surface area contributed by atoms with E-state index in [4.69, 9.17) is 4.74 Å². The summed E-state index contributed by atoms with van der Waals surface area (Å²) < 4.78 is 5.13. The third-order valence-corrected chi connectivity index (χ3v) is 3.34. The van der Waals surface area contributed by atoms with Crippen LogP contribution in [0.1, 0.15) is 25.7 Å². The molecule has 22 heavy (non-hydrogen) atoms. The van der Waals surface area contributed by atoms with Gasteiger partial charge in [-0.25, -0.2) is 4.79 Å². The molecule has 1 aromatic carbocycles. The molecule has 1 aromatic rings. The van der Waals surface area contributed by atoms with Gasteiger partial charge in [-0.05, 0) is 18.9 Å². The lowest BCUT2D eigenvalue weighted by atomic mass is 10.2. The molecular weight excluding hydrogens is 290 g/mol. The first-order valence-electron chi connectivity index (χ1n) is 7.02. The maximum absolute atomic E-state index is 11.6. The minimum absolute atomic E-state index is 0.116. The van der Waals surface area contributed by atoms with Crippen LogP contribution in [0.15, 0.2) is 24.3 Å². The molecule has 0 aromatic heterocycles. The number of hydrogen-bond acceptors (Lipinski definition) is 5. The Labute approximate surface area is 127 Å². The smallest absolute Gasteiger partial charge is 0.321 e. The minimum atomic E-state index is -0.609. The Bertz CT molecular complexity index is 569. The Hall–Kier alpha value is -2.64. The molecule has 118 valence electrons. The highest BCUT2D eigenvalue weighted by Gasteiger charge is 2.18. The molecule has 1 aliphatic carbocycles. The molecule has 1 aliphatic rings. The fourth-order valence-electron chi connectivity index (χ4n) is 2.29. The van der Waals surface area contributed by atoms with E-state index in [1.165, 1.54) is 24.3 Å². The van der Waals surface area contributed by atoms with Crippen LogP contribution in [0.3, 0.4) is 0 Å². The van der Waals surface area contributed by atoms with Gasteiger partial charge in [0.25, 0.3) is 11.6 Å². The first-order chi connectivity index (χ1) is 10.5. The molecule has 1 saturated carbocycles. The molecule has 3 amide bonds. The zero-order chi connectivity index (χ0) is 15.9. The second-order valence-corrected chi connectivity index (χ2v) is 5.05. The van der Waals surface area contributed by atoms with Gasteiger partial charge in [0.15, 0.2) is 6.61 Å². The molecule has 0 spiro atoms. The lowest BCUT2D eigenvalue weighted by Gasteiger charge is -2.12. The Morgan fingerprint density at radius 1 is 1.32 bits per heavy atom. The van der Waals surface area contributed by atoms with Gasteiger partial charge in [-0.2, -0.15) is 0 Å². The topological polar surface area (TPSA) is 111 Å². The van der Waals surface area contributed by atoms with E-state index in [2.05, 4.69) is 10.6 Å². The van der Waals surface area contributed by atoms with Crippen LogP contribution in [0.5, 0.6) is 5.75 Å². The second-order valence-electron chi connectivity index (χ2n) is 5.05. The molecule has 1 fully saturated rings. The number of carbonyl (C=O) groups is 2. The molecule has 0 saturated heterocycles. The molecule has 0 atom stereocenters. The van der Waals surface area contributed by atoms with E-state index in [9.17, 15) is 19.7 Å². The van der Waals surface area contributed by atoms with Crippen LogP contribution < -0.4 is 15.4 Å². The van der Waals surface area contributed by atoms with Crippen LogP contribution in [0.2, 0.25) is 0 Å². The zero-order valence-corrected chi connectivity index (χ0v) is 11.9. The van der Waals surface area contributed by atoms with Gasteiger partial charge in [0.05, 0.1) is 11.0 Å². The molecule has 0 aliphatic heterocycles. The largest absolute Gasteiger partial charge is 0.484 e. The summed E-state index contributed by atoms with van der Waals surface area (Å²) in [6.07, 6.45) is 4.00. The third kappa shape index (κ3) is 4.72. The van der Waals surface area contributed by atoms with Crippen molar-refractivity contribution in [2.24, 2.45) is 0 Å². The number of nitro benzene ring substituents is 1. The molecule has 0 bridgehead atoms. The van der Waals surface area contributed by atoms with Gasteiger partial charge in [0, 0.05) is 12.1 Å². The molecule has 0 unspecified atom stereocenters. The zero-order valence-electron chi connectivity index (χ0n) is 11.9. The number of imide groups is 1. The van der Waals surface area contributed by atoms with Crippen LogP contribution >= 0.6 is 0 Å². The van der Waals surface area contributed by atoms with Gasteiger partial charge in [0.2, 0.25) is 0 Å². The Morgan fingerprint density at radius 3 is 2.73 bits per heavy atom. The number of rotatable bonds is 5. The van der Waals surface area contributed by atoms with Crippen molar-refractivity contribution in [2.45, 2.75) is 31.7 Å². The van der Waals surface area contributed by atoms with E-state index in [-0.39, 0.29) is 24.1 Å². The summed E-state index contributed by atoms with van der Waals surface area (Å²) in [5.41, 5.74) is -0.128. The summed E-state index contributed by atoms with van der Waals surface area (Å²) in [5, 5.41) is 15.5. The van der Waals surface area contributed by atoms with E-state index in [0.717, 1.165) is 25.7 Å². The van der Waals surface area contributed by atoms with Crippen LogP contribution in [-0.4, -0.2) is 29.5 Å². The lowest BCUT2D eigenvalue weighted by Crippen LogP contribution is -2.45. The number of amides is 3. The number of nitrogens with one attached hydrogen (secondary N) is 2. The summed E-state index contributed by atoms with van der Waals surface area (Å²) in [6.45, 7) is -0.390. The average molecular weight is 307 g/mol. The van der Waals surface area contributed by atoms with Crippen molar-refractivity contribution >= 4 is 17.6 Å². The van der Waals surface area contributed by atoms with E-state index in [1.807, 2.05) is 0 Å². The number of non-ortho nitro benzene ring substituents is 1. The first-order valence-corrected chi connectivity index (χ1v) is 7.02. The molecular formula is C14H17N3O5. The van der Waals surface area contributed by atoms with E-state index in [0.29, 0.717) is 0 Å². The average Bonchev–Trinajstić information content (AvgIpc) is 2.98. The fourth-order valence-corrected chi connectivity index (χ4v) is 2.29. The van der Waals surface area contributed by atoms with Crippen molar-refractivity contribution in [3.63, 3.8) is 0 Å². The molecule has 0 radical (unpaired) electrons. The standard InChI is InChI=1S/C14H17N3O5/c18-13(16-14(19)15-10-4-1-2-5-10)9-22-12-7-3-6-11(8-12)17(20)21/h3,6-8,10H,1-2,4-5,9H2,(H2,15,16,18,19). The van der Waals surface area contributed by atoms with Gasteiger partial charge in [-0.15, -0.1) is 0 Å². The Morgan fingerprint density at radius 2 is 2.05 bits per heavy atom. The van der Waals surface area contributed by atoms with Gasteiger partial charge in [-0.1, -0.05) is 18.9 Å². The molecule has 2 rings (SSSR count). The summed E-state index contributed by atoms with van der Waals surface area (Å²) in [6, 6.07) is 5.07. The highest BCUT2D eigenvalue weighted by Crippen LogP contribution is 2.19. The predicted octanol–water partition coefficient (Wildman–Crippen LogP) is 1.74. The number of ether oxygens (including phenoxy) is 1. The van der Waals surface area contributed by atoms with Gasteiger partial charge < -0.3 is 10.1 Å². The maximum Gasteiger partial charge on any atom is 0.321 e. The van der Waals surface area contributed by atoms with Crippen LogP contribution in [-0.2, 0) is 4.79 Å². The highest BCUT2D eigenvalue weighted by atomic mass is 16.6. The molecule has 2 N–H and O–H groups in total. The number of urea groups is 1. The van der Waals surface area contributed by atoms with Crippen molar-refractivity contribution in [3.05, 3.63) is 34.4 Å². The molecule has 8 heteroatoms. The van der Waals surface area contributed by atoms with Crippen molar-refractivity contribution in [1.29, 1.82) is 0 Å². The fraction of sp³-hybridized carbons (Fsp3) is 0.429. The monoisotopic (exact) mass is 307 g/mol. The number of nitrogens with zero attached hydrogens (tertiary/aromatic N) is 1.